The van der Waals surface area contributed by atoms with Crippen LogP contribution in [0, 0.1) is 12.3 Å². The van der Waals surface area contributed by atoms with E-state index in [1.807, 2.05) is 0 Å². The molecule has 0 spiro atoms. The number of primary amides is 1. The summed E-state index contributed by atoms with van der Waals surface area (Å²) in [4.78, 5) is 34.1. The summed E-state index contributed by atoms with van der Waals surface area (Å²) >= 11 is 0. The van der Waals surface area contributed by atoms with Gasteiger partial charge in [0.15, 0.2) is 0 Å². The number of amides is 2. The molecular formula is C13H14N2O4. The van der Waals surface area contributed by atoms with Crippen LogP contribution in [-0.4, -0.2) is 22.9 Å². The second-order valence-electron chi connectivity index (χ2n) is 4.74. The van der Waals surface area contributed by atoms with E-state index in [0.717, 1.165) is 5.56 Å². The molecule has 1 fully saturated rings. The number of nitrogens with two attached hydrogens (primary N) is 1. The largest absolute Gasteiger partial charge is 0.480 e. The second kappa shape index (κ2) is 4.38. The zero-order valence-corrected chi connectivity index (χ0v) is 10.4. The molecule has 100 valence electrons. The Balaban J connectivity index is 2.24. The quantitative estimate of drug-likeness (QED) is 0.700. The number of aryl methyl sites for hydroxylation is 1. The van der Waals surface area contributed by atoms with Gasteiger partial charge in [0.2, 0.25) is 11.8 Å². The lowest BCUT2D eigenvalue weighted by Crippen LogP contribution is -2.31. The molecule has 1 aliphatic carbocycles. The summed E-state index contributed by atoms with van der Waals surface area (Å²) < 4.78 is 0. The number of rotatable bonds is 4. The van der Waals surface area contributed by atoms with Crippen LogP contribution in [0.15, 0.2) is 18.2 Å². The Kier molecular flexibility index (Phi) is 3.01. The third kappa shape index (κ3) is 2.29. The molecule has 6 nitrogen and oxygen atoms in total. The van der Waals surface area contributed by atoms with Crippen LogP contribution in [0.4, 0.5) is 5.69 Å². The van der Waals surface area contributed by atoms with Gasteiger partial charge >= 0.3 is 5.97 Å². The standard InChI is InChI=1S/C13H14N2O4/c1-7-2-3-8(10(14)16)6-9(7)15-11(17)13(4-5-13)12(18)19/h2-3,6H,4-5H2,1H3,(H2,14,16)(H,15,17)(H,18,19). The number of carboxylic acid groups (broad SMARTS) is 1. The van der Waals surface area contributed by atoms with Crippen molar-refractivity contribution in [3.63, 3.8) is 0 Å². The summed E-state index contributed by atoms with van der Waals surface area (Å²) in [7, 11) is 0. The molecule has 6 heteroatoms. The second-order valence-corrected chi connectivity index (χ2v) is 4.74. The molecule has 0 aliphatic heterocycles. The highest BCUT2D eigenvalue weighted by Gasteiger charge is 2.57. The Labute approximate surface area is 109 Å². The first-order valence-corrected chi connectivity index (χ1v) is 5.82. The number of anilines is 1. The Morgan fingerprint density at radius 1 is 1.32 bits per heavy atom. The molecule has 1 saturated carbocycles. The molecule has 2 rings (SSSR count). The van der Waals surface area contributed by atoms with Crippen molar-refractivity contribution in [2.75, 3.05) is 5.32 Å². The van der Waals surface area contributed by atoms with E-state index in [4.69, 9.17) is 10.8 Å². The van der Waals surface area contributed by atoms with Crippen molar-refractivity contribution in [3.8, 4) is 0 Å². The van der Waals surface area contributed by atoms with Crippen molar-refractivity contribution >= 4 is 23.5 Å². The minimum Gasteiger partial charge on any atom is -0.480 e. The average Bonchev–Trinajstić information content (AvgIpc) is 3.12. The monoisotopic (exact) mass is 262 g/mol. The highest BCUT2D eigenvalue weighted by Crippen LogP contribution is 2.46. The van der Waals surface area contributed by atoms with Crippen molar-refractivity contribution in [2.24, 2.45) is 11.1 Å². The van der Waals surface area contributed by atoms with E-state index in [0.29, 0.717) is 18.5 Å². The van der Waals surface area contributed by atoms with E-state index in [9.17, 15) is 14.4 Å². The van der Waals surface area contributed by atoms with Crippen LogP contribution >= 0.6 is 0 Å². The lowest BCUT2D eigenvalue weighted by atomic mass is 10.1. The molecule has 1 aromatic rings. The van der Waals surface area contributed by atoms with E-state index in [-0.39, 0.29) is 5.56 Å². The number of carbonyl (C=O) groups is 3. The van der Waals surface area contributed by atoms with Gasteiger partial charge in [-0.3, -0.25) is 14.4 Å². The lowest BCUT2D eigenvalue weighted by molar-refractivity contribution is -0.147. The predicted octanol–water partition coefficient (Wildman–Crippen LogP) is 0.897. The van der Waals surface area contributed by atoms with Crippen LogP contribution in [0.25, 0.3) is 0 Å². The average molecular weight is 262 g/mol. The SMILES string of the molecule is Cc1ccc(C(N)=O)cc1NC(=O)C1(C(=O)O)CC1. The van der Waals surface area contributed by atoms with Crippen LogP contribution in [0.3, 0.4) is 0 Å². The Bertz CT molecular complexity index is 576. The van der Waals surface area contributed by atoms with Gasteiger partial charge in [-0.1, -0.05) is 6.07 Å². The maximum atomic E-state index is 12.0. The molecule has 0 heterocycles. The van der Waals surface area contributed by atoms with E-state index in [2.05, 4.69) is 5.32 Å². The topological polar surface area (TPSA) is 109 Å². The van der Waals surface area contributed by atoms with E-state index >= 15 is 0 Å². The zero-order chi connectivity index (χ0) is 14.2. The van der Waals surface area contributed by atoms with Crippen molar-refractivity contribution in [3.05, 3.63) is 29.3 Å². The van der Waals surface area contributed by atoms with Gasteiger partial charge in [0.05, 0.1) is 0 Å². The molecule has 1 aromatic carbocycles. The summed E-state index contributed by atoms with van der Waals surface area (Å²) in [6.45, 7) is 1.75. The highest BCUT2D eigenvalue weighted by atomic mass is 16.4. The number of nitrogens with one attached hydrogen (secondary N) is 1. The molecule has 2 amide bonds. The summed E-state index contributed by atoms with van der Waals surface area (Å²) in [5, 5.41) is 11.6. The molecule has 1 aliphatic rings. The molecule has 19 heavy (non-hydrogen) atoms. The minimum atomic E-state index is -1.31. The third-order valence-corrected chi connectivity index (χ3v) is 3.36. The molecular weight excluding hydrogens is 248 g/mol. The fourth-order valence-corrected chi connectivity index (χ4v) is 1.81. The number of hydrogen-bond donors (Lipinski definition) is 3. The Hall–Kier alpha value is -2.37. The predicted molar refractivity (Wildman–Crippen MR) is 67.6 cm³/mol. The number of carbonyl (C=O) groups excluding carboxylic acids is 2. The van der Waals surface area contributed by atoms with Crippen LogP contribution in [0.1, 0.15) is 28.8 Å². The minimum absolute atomic E-state index is 0.265. The molecule has 0 aromatic heterocycles. The molecule has 0 bridgehead atoms. The van der Waals surface area contributed by atoms with Crippen LogP contribution in [0.5, 0.6) is 0 Å². The van der Waals surface area contributed by atoms with Gasteiger partial charge in [-0.05, 0) is 37.5 Å². The molecule has 4 N–H and O–H groups in total. The first kappa shape index (κ1) is 13.1. The first-order chi connectivity index (χ1) is 8.86. The van der Waals surface area contributed by atoms with E-state index in [1.165, 1.54) is 6.07 Å². The molecule has 0 unspecified atom stereocenters. The van der Waals surface area contributed by atoms with Gasteiger partial charge in [0.1, 0.15) is 5.41 Å². The number of carboxylic acids is 1. The third-order valence-electron chi connectivity index (χ3n) is 3.36. The highest BCUT2D eigenvalue weighted by molar-refractivity contribution is 6.11. The van der Waals surface area contributed by atoms with Crippen molar-refractivity contribution in [1.82, 2.24) is 0 Å². The maximum Gasteiger partial charge on any atom is 0.319 e. The summed E-state index contributed by atoms with van der Waals surface area (Å²) in [6.07, 6.45) is 0.672. The van der Waals surface area contributed by atoms with Gasteiger partial charge in [-0.15, -0.1) is 0 Å². The van der Waals surface area contributed by atoms with Gasteiger partial charge < -0.3 is 16.2 Å². The summed E-state index contributed by atoms with van der Waals surface area (Å²) in [5.41, 5.74) is 5.27. The Morgan fingerprint density at radius 2 is 1.95 bits per heavy atom. The van der Waals surface area contributed by atoms with Gasteiger partial charge in [0.25, 0.3) is 0 Å². The summed E-state index contributed by atoms with van der Waals surface area (Å²) in [6, 6.07) is 4.65. The zero-order valence-electron chi connectivity index (χ0n) is 10.4. The normalized spacial score (nSPS) is 15.6. The van der Waals surface area contributed by atoms with E-state index < -0.39 is 23.2 Å². The van der Waals surface area contributed by atoms with Crippen molar-refractivity contribution in [2.45, 2.75) is 19.8 Å². The maximum absolute atomic E-state index is 12.0. The van der Waals surface area contributed by atoms with Crippen molar-refractivity contribution < 1.29 is 19.5 Å². The van der Waals surface area contributed by atoms with Gasteiger partial charge in [0, 0.05) is 11.3 Å². The number of hydrogen-bond acceptors (Lipinski definition) is 3. The lowest BCUT2D eigenvalue weighted by Gasteiger charge is -2.13. The smallest absolute Gasteiger partial charge is 0.319 e. The fourth-order valence-electron chi connectivity index (χ4n) is 1.81. The van der Waals surface area contributed by atoms with Gasteiger partial charge in [-0.25, -0.2) is 0 Å². The van der Waals surface area contributed by atoms with Crippen LogP contribution in [0.2, 0.25) is 0 Å². The van der Waals surface area contributed by atoms with E-state index in [1.54, 1.807) is 19.1 Å². The summed E-state index contributed by atoms with van der Waals surface area (Å²) in [5.74, 6) is -2.27. The molecule has 0 saturated heterocycles. The van der Waals surface area contributed by atoms with Gasteiger partial charge in [-0.2, -0.15) is 0 Å². The molecule has 0 atom stereocenters. The number of aliphatic carboxylic acids is 1. The van der Waals surface area contributed by atoms with Crippen LogP contribution in [-0.2, 0) is 9.59 Å². The number of benzene rings is 1. The van der Waals surface area contributed by atoms with Crippen molar-refractivity contribution in [1.29, 1.82) is 0 Å². The Morgan fingerprint density at radius 3 is 2.42 bits per heavy atom. The molecule has 0 radical (unpaired) electrons. The van der Waals surface area contributed by atoms with Crippen LogP contribution < -0.4 is 11.1 Å². The first-order valence-electron chi connectivity index (χ1n) is 5.82. The fraction of sp³-hybridized carbons (Fsp3) is 0.308.